The maximum Gasteiger partial charge on any atom is 0.325 e. The third kappa shape index (κ3) is 4.23. The number of hydrogen-bond donors (Lipinski definition) is 5. The Labute approximate surface area is 169 Å². The molecule has 0 unspecified atom stereocenters. The van der Waals surface area contributed by atoms with E-state index in [1.807, 2.05) is 0 Å². The maximum absolute atomic E-state index is 12.6. The first-order valence-corrected chi connectivity index (χ1v) is 10.1. The Balaban J connectivity index is 1.38. The van der Waals surface area contributed by atoms with Gasteiger partial charge in [0.2, 0.25) is 0 Å². The number of nitrogens with zero attached hydrogens (tertiary/aromatic N) is 1. The molecule has 0 atom stereocenters. The average molecular weight is 407 g/mol. The number of imide groups is 1. The zero-order chi connectivity index (χ0) is 20.1. The third-order valence-corrected chi connectivity index (χ3v) is 5.70. The molecule has 8 nitrogen and oxygen atoms in total. The number of urea groups is 1. The lowest BCUT2D eigenvalue weighted by molar-refractivity contribution is -0.131. The molecule has 9 heteroatoms. The second-order valence-corrected chi connectivity index (χ2v) is 7.81. The number of unbranched alkanes of at least 4 members (excludes halogenated alkanes) is 2. The number of halogens is 1. The van der Waals surface area contributed by atoms with Gasteiger partial charge in [0.15, 0.2) is 0 Å². The molecule has 1 aromatic rings. The number of rotatable bonds is 8. The molecule has 152 valence electrons. The van der Waals surface area contributed by atoms with Crippen molar-refractivity contribution < 1.29 is 9.59 Å². The van der Waals surface area contributed by atoms with Gasteiger partial charge in [-0.15, -0.1) is 0 Å². The highest BCUT2D eigenvalue weighted by Crippen LogP contribution is 2.35. The molecule has 2 aliphatic rings. The molecule has 1 spiro atoms. The van der Waals surface area contributed by atoms with Crippen LogP contribution in [-0.2, 0) is 4.79 Å². The minimum absolute atomic E-state index is 0.0561. The number of carbonyl (C=O) groups is 2. The fraction of sp³-hybridized carbons (Fsp3) is 0.526. The average Bonchev–Trinajstić information content (AvgIpc) is 3.24. The zero-order valence-electron chi connectivity index (χ0n) is 15.8. The van der Waals surface area contributed by atoms with Crippen molar-refractivity contribution in [3.8, 4) is 0 Å². The molecule has 0 radical (unpaired) electrons. The van der Waals surface area contributed by atoms with Crippen LogP contribution < -0.4 is 21.9 Å². The molecule has 3 rings (SSSR count). The number of amidine groups is 1. The van der Waals surface area contributed by atoms with Crippen LogP contribution in [0.25, 0.3) is 0 Å². The van der Waals surface area contributed by atoms with Crippen molar-refractivity contribution in [3.63, 3.8) is 0 Å². The number of hydrogen-bond acceptors (Lipinski definition) is 5. The van der Waals surface area contributed by atoms with E-state index >= 15 is 0 Å². The lowest BCUT2D eigenvalue weighted by Gasteiger charge is -2.20. The number of amides is 3. The summed E-state index contributed by atoms with van der Waals surface area (Å²) < 4.78 is 0. The van der Waals surface area contributed by atoms with Gasteiger partial charge in [-0.25, -0.2) is 4.79 Å². The summed E-state index contributed by atoms with van der Waals surface area (Å²) in [6.07, 6.45) is 5.93. The van der Waals surface area contributed by atoms with Crippen molar-refractivity contribution in [1.29, 1.82) is 5.41 Å². The van der Waals surface area contributed by atoms with Crippen LogP contribution in [0.3, 0.4) is 0 Å². The van der Waals surface area contributed by atoms with E-state index in [4.69, 9.17) is 22.9 Å². The van der Waals surface area contributed by atoms with Gasteiger partial charge in [-0.05, 0) is 50.3 Å². The number of nitrogen functional groups attached to an aromatic ring is 1. The van der Waals surface area contributed by atoms with Crippen molar-refractivity contribution in [1.82, 2.24) is 15.5 Å². The Hall–Kier alpha value is -2.32. The van der Waals surface area contributed by atoms with Crippen molar-refractivity contribution >= 4 is 35.1 Å². The molecule has 0 aromatic heterocycles. The van der Waals surface area contributed by atoms with Gasteiger partial charge < -0.3 is 16.1 Å². The van der Waals surface area contributed by atoms with Crippen molar-refractivity contribution in [2.24, 2.45) is 5.84 Å². The molecule has 0 bridgehead atoms. The smallest absolute Gasteiger partial charge is 0.325 e. The fourth-order valence-corrected chi connectivity index (χ4v) is 4.10. The largest absolute Gasteiger partial charge is 0.370 e. The van der Waals surface area contributed by atoms with E-state index in [0.29, 0.717) is 29.4 Å². The van der Waals surface area contributed by atoms with E-state index in [1.165, 1.54) is 4.90 Å². The van der Waals surface area contributed by atoms with Gasteiger partial charge in [-0.1, -0.05) is 24.4 Å². The van der Waals surface area contributed by atoms with Crippen molar-refractivity contribution in [2.75, 3.05) is 18.5 Å². The summed E-state index contributed by atoms with van der Waals surface area (Å²) in [5, 5.41) is 14.7. The fourth-order valence-electron chi connectivity index (χ4n) is 3.93. The summed E-state index contributed by atoms with van der Waals surface area (Å²) in [5.41, 5.74) is 3.16. The third-order valence-electron chi connectivity index (χ3n) is 5.47. The SMILES string of the molecule is N=C(NCCCCCN1C(=O)NC2(CCCC2)C1=O)c1ccc(Cl)cc1NN. The maximum atomic E-state index is 12.6. The van der Waals surface area contributed by atoms with E-state index < -0.39 is 5.54 Å². The molecule has 6 N–H and O–H groups in total. The molecule has 28 heavy (non-hydrogen) atoms. The first-order valence-electron chi connectivity index (χ1n) is 9.70. The molecule has 3 amide bonds. The Morgan fingerprint density at radius 2 is 2.00 bits per heavy atom. The van der Waals surface area contributed by atoms with Crippen LogP contribution in [0.4, 0.5) is 10.5 Å². The molecule has 1 aliphatic heterocycles. The predicted molar refractivity (Wildman–Crippen MR) is 109 cm³/mol. The van der Waals surface area contributed by atoms with E-state index in [0.717, 1.165) is 44.9 Å². The first-order chi connectivity index (χ1) is 13.5. The summed E-state index contributed by atoms with van der Waals surface area (Å²) >= 11 is 5.93. The summed E-state index contributed by atoms with van der Waals surface area (Å²) in [6.45, 7) is 1.07. The normalized spacial score (nSPS) is 17.9. The summed E-state index contributed by atoms with van der Waals surface area (Å²) in [7, 11) is 0. The number of hydrazine groups is 1. The van der Waals surface area contributed by atoms with Crippen LogP contribution in [0.15, 0.2) is 18.2 Å². The topological polar surface area (TPSA) is 123 Å². The minimum Gasteiger partial charge on any atom is -0.370 e. The van der Waals surface area contributed by atoms with Gasteiger partial charge in [0.1, 0.15) is 11.4 Å². The standard InChI is InChI=1S/C19H27ClN6O2/c20-13-6-7-14(15(12-13)25-22)16(21)23-10-4-1-5-11-26-17(27)19(24-18(26)28)8-2-3-9-19/h6-7,12,25H,1-5,8-11,22H2,(H2,21,23)(H,24,28). The van der Waals surface area contributed by atoms with Gasteiger partial charge in [-0.2, -0.15) is 0 Å². The first kappa shape index (κ1) is 20.4. The van der Waals surface area contributed by atoms with E-state index in [2.05, 4.69) is 16.1 Å². The molecule has 2 fully saturated rings. The summed E-state index contributed by atoms with van der Waals surface area (Å²) in [5.74, 6) is 5.69. The lowest BCUT2D eigenvalue weighted by Crippen LogP contribution is -2.44. The second kappa shape index (κ2) is 8.79. The number of benzene rings is 1. The van der Waals surface area contributed by atoms with Gasteiger partial charge in [0.25, 0.3) is 5.91 Å². The van der Waals surface area contributed by atoms with Crippen LogP contribution in [0.5, 0.6) is 0 Å². The van der Waals surface area contributed by atoms with E-state index in [1.54, 1.807) is 18.2 Å². The number of anilines is 1. The molecule has 1 aromatic carbocycles. The van der Waals surface area contributed by atoms with Gasteiger partial charge in [-0.3, -0.25) is 20.9 Å². The Bertz CT molecular complexity index is 763. The second-order valence-electron chi connectivity index (χ2n) is 7.37. The van der Waals surface area contributed by atoms with Crippen molar-refractivity contribution in [3.05, 3.63) is 28.8 Å². The minimum atomic E-state index is -0.624. The number of carbonyl (C=O) groups excluding carboxylic acids is 2. The van der Waals surface area contributed by atoms with Crippen LogP contribution in [-0.4, -0.2) is 41.3 Å². The highest BCUT2D eigenvalue weighted by molar-refractivity contribution is 6.31. The summed E-state index contributed by atoms with van der Waals surface area (Å²) in [6, 6.07) is 4.87. The van der Waals surface area contributed by atoms with E-state index in [9.17, 15) is 9.59 Å². The Kier molecular flexibility index (Phi) is 6.41. The highest BCUT2D eigenvalue weighted by Gasteiger charge is 2.51. The highest BCUT2D eigenvalue weighted by atomic mass is 35.5. The van der Waals surface area contributed by atoms with Gasteiger partial charge in [0, 0.05) is 23.7 Å². The van der Waals surface area contributed by atoms with Gasteiger partial charge in [0.05, 0.1) is 5.69 Å². The summed E-state index contributed by atoms with van der Waals surface area (Å²) in [4.78, 5) is 26.1. The molecule has 1 saturated heterocycles. The molecular formula is C19H27ClN6O2. The Morgan fingerprint density at radius 1 is 1.25 bits per heavy atom. The molecule has 1 saturated carbocycles. The quantitative estimate of drug-likeness (QED) is 0.113. The van der Waals surface area contributed by atoms with E-state index in [-0.39, 0.29) is 17.8 Å². The Morgan fingerprint density at radius 3 is 2.71 bits per heavy atom. The zero-order valence-corrected chi connectivity index (χ0v) is 16.6. The van der Waals surface area contributed by atoms with Crippen LogP contribution in [0, 0.1) is 5.41 Å². The van der Waals surface area contributed by atoms with Crippen LogP contribution in [0.1, 0.15) is 50.5 Å². The predicted octanol–water partition coefficient (Wildman–Crippen LogP) is 2.58. The molecule has 1 heterocycles. The van der Waals surface area contributed by atoms with Crippen LogP contribution in [0.2, 0.25) is 5.02 Å². The number of nitrogens with one attached hydrogen (secondary N) is 4. The monoisotopic (exact) mass is 406 g/mol. The lowest BCUT2D eigenvalue weighted by atomic mass is 9.98. The van der Waals surface area contributed by atoms with Gasteiger partial charge >= 0.3 is 6.03 Å². The van der Waals surface area contributed by atoms with Crippen molar-refractivity contribution in [2.45, 2.75) is 50.5 Å². The molecule has 1 aliphatic carbocycles. The molecular weight excluding hydrogens is 380 g/mol. The van der Waals surface area contributed by atoms with Crippen LogP contribution >= 0.6 is 11.6 Å². The number of nitrogens with two attached hydrogens (primary N) is 1.